The zero-order valence-electron chi connectivity index (χ0n) is 35.9. The minimum absolute atomic E-state index is 0.00346. The second-order valence-electron chi connectivity index (χ2n) is 14.8. The third-order valence-electron chi connectivity index (χ3n) is 9.96. The number of hydrogen-bond donors (Lipinski definition) is 2. The highest BCUT2D eigenvalue weighted by atomic mass is 32.2. The average Bonchev–Trinajstić information content (AvgIpc) is 3.96. The highest BCUT2D eigenvalue weighted by molar-refractivity contribution is 7.93. The van der Waals surface area contributed by atoms with Crippen LogP contribution in [0.15, 0.2) is 44.7 Å². The first-order chi connectivity index (χ1) is 33.0. The van der Waals surface area contributed by atoms with E-state index in [2.05, 4.69) is 45.6 Å². The van der Waals surface area contributed by atoms with Crippen molar-refractivity contribution in [2.75, 3.05) is 65.7 Å². The number of aromatic nitrogens is 4. The van der Waals surface area contributed by atoms with Crippen LogP contribution in [0.2, 0.25) is 0 Å². The van der Waals surface area contributed by atoms with E-state index in [0.29, 0.717) is 47.5 Å². The number of aryl methyl sites for hydroxylation is 1. The zero-order valence-corrected chi connectivity index (χ0v) is 39.2. The van der Waals surface area contributed by atoms with Gasteiger partial charge in [0.2, 0.25) is 10.0 Å². The van der Waals surface area contributed by atoms with Gasteiger partial charge in [-0.25, -0.2) is 9.59 Å². The summed E-state index contributed by atoms with van der Waals surface area (Å²) in [5.74, 6) is -3.39. The molecule has 1 atom stereocenters. The monoisotopic (exact) mass is 1100 g/mol. The quantitative estimate of drug-likeness (QED) is 0.0408. The number of methoxy groups -OCH3 is 1. The summed E-state index contributed by atoms with van der Waals surface area (Å²) in [4.78, 5) is 27.7. The molecule has 36 heteroatoms. The number of anilines is 4. The molecular formula is C35H33F11N12O9S4. The number of azo groups is 2. The maximum Gasteiger partial charge on any atom is 0.516 e. The van der Waals surface area contributed by atoms with Gasteiger partial charge in [-0.15, -0.1) is 40.9 Å². The maximum absolute atomic E-state index is 13.6. The Morgan fingerprint density at radius 1 is 0.732 bits per heavy atom. The van der Waals surface area contributed by atoms with Crippen LogP contribution in [0.3, 0.4) is 0 Å². The van der Waals surface area contributed by atoms with E-state index in [1.54, 1.807) is 16.7 Å². The number of hydrogen-bond acceptors (Lipinski definition) is 21. The first-order valence-electron chi connectivity index (χ1n) is 19.9. The number of ether oxygens (including phenoxy) is 3. The van der Waals surface area contributed by atoms with Crippen molar-refractivity contribution in [2.24, 2.45) is 26.4 Å². The lowest BCUT2D eigenvalue weighted by atomic mass is 9.89. The third kappa shape index (κ3) is 12.9. The van der Waals surface area contributed by atoms with Gasteiger partial charge < -0.3 is 24.0 Å². The molecule has 388 valence electrons. The van der Waals surface area contributed by atoms with Crippen molar-refractivity contribution in [3.63, 3.8) is 0 Å². The maximum atomic E-state index is 13.6. The molecule has 0 fully saturated rings. The molecule has 2 aliphatic heterocycles. The van der Waals surface area contributed by atoms with Crippen LogP contribution in [0.25, 0.3) is 0 Å². The number of carbonyl (C=O) groups excluding carboxylic acids is 2. The molecule has 0 bridgehead atoms. The number of rotatable bonds is 18. The van der Waals surface area contributed by atoms with Gasteiger partial charge in [-0.3, -0.25) is 9.44 Å². The fourth-order valence-electron chi connectivity index (χ4n) is 6.72. The SMILES string of the molecule is CCN1CC(CCN2CCCc3cc(N=Nc4nnc(C(=O)OC(F)(F)C(F)(F)F)s4)c(NS(=O)(=O)C(F)(F)F)cc32)Cc2cc(N=Nc3nnc(C(=O)OCCOC)s3)c(NS(=O)(=O)C(F)(F)F)cc21. The Bertz CT molecular complexity index is 2920. The molecule has 4 heterocycles. The van der Waals surface area contributed by atoms with E-state index in [9.17, 15) is 74.7 Å². The molecular weight excluding hydrogens is 1070 g/mol. The van der Waals surface area contributed by atoms with E-state index in [1.807, 2.05) is 0 Å². The summed E-state index contributed by atoms with van der Waals surface area (Å²) in [6.07, 6.45) is -10.9. The molecule has 0 saturated heterocycles. The normalized spacial score (nSPS) is 16.0. The Morgan fingerprint density at radius 3 is 1.76 bits per heavy atom. The zero-order chi connectivity index (χ0) is 52.3. The lowest BCUT2D eigenvalue weighted by molar-refractivity contribution is -0.370. The molecule has 0 radical (unpaired) electrons. The Balaban J connectivity index is 1.26. The third-order valence-corrected chi connectivity index (χ3v) is 13.7. The lowest BCUT2D eigenvalue weighted by Crippen LogP contribution is -2.40. The summed E-state index contributed by atoms with van der Waals surface area (Å²) in [5, 5.41) is 26.5. The van der Waals surface area contributed by atoms with E-state index in [0.717, 1.165) is 12.1 Å². The van der Waals surface area contributed by atoms with Crippen LogP contribution in [0.5, 0.6) is 0 Å². The second-order valence-corrected chi connectivity index (χ2v) is 20.1. The fraction of sp³-hybridized carbons (Fsp3) is 0.486. The van der Waals surface area contributed by atoms with E-state index in [4.69, 9.17) is 9.47 Å². The largest absolute Gasteiger partial charge is 0.516 e. The standard InChI is InChI=1S/C35H33F11N12O9S4/c1-3-57-16-17(11-19-13-21(23(15-25(19)57)56-71(63,64)35(44,45)46)48-51-30-53-49-26(68-30)28(59)66-10-9-65-2)6-8-58-7-4-5-18-12-20(22(14-24(18)58)55-70(61,62)34(41,42)43)47-52-31-54-50-27(69-31)29(60)67-33(39,40)32(36,37)38/h12-15,17,55-56H,3-11,16H2,1-2H3. The van der Waals surface area contributed by atoms with Crippen LogP contribution >= 0.6 is 22.7 Å². The Kier molecular flexibility index (Phi) is 16.1. The molecule has 2 aliphatic rings. The van der Waals surface area contributed by atoms with Crippen molar-refractivity contribution in [1.29, 1.82) is 0 Å². The Hall–Kier alpha value is -6.01. The van der Waals surface area contributed by atoms with Crippen LogP contribution in [0, 0.1) is 5.92 Å². The van der Waals surface area contributed by atoms with Crippen molar-refractivity contribution in [3.8, 4) is 0 Å². The number of benzene rings is 2. The summed E-state index contributed by atoms with van der Waals surface area (Å²) in [6, 6.07) is 4.71. The Labute approximate surface area is 400 Å². The first-order valence-corrected chi connectivity index (χ1v) is 24.5. The molecule has 71 heavy (non-hydrogen) atoms. The van der Waals surface area contributed by atoms with Gasteiger partial charge in [-0.1, -0.05) is 22.7 Å². The van der Waals surface area contributed by atoms with Crippen molar-refractivity contribution in [3.05, 3.63) is 45.4 Å². The predicted molar refractivity (Wildman–Crippen MR) is 227 cm³/mol. The number of halogens is 11. The van der Waals surface area contributed by atoms with Gasteiger partial charge in [0.1, 0.15) is 18.0 Å². The first kappa shape index (κ1) is 54.3. The number of carbonyl (C=O) groups is 2. The number of fused-ring (bicyclic) bond motifs is 2. The van der Waals surface area contributed by atoms with Crippen molar-refractivity contribution < 1.29 is 88.9 Å². The van der Waals surface area contributed by atoms with E-state index >= 15 is 0 Å². The van der Waals surface area contributed by atoms with Gasteiger partial charge in [-0.2, -0.15) is 65.1 Å². The molecule has 6 rings (SSSR count). The predicted octanol–water partition coefficient (Wildman–Crippen LogP) is 8.70. The molecule has 0 aliphatic carbocycles. The summed E-state index contributed by atoms with van der Waals surface area (Å²) in [5.41, 5.74) is -12.3. The van der Waals surface area contributed by atoms with E-state index in [1.165, 1.54) is 28.7 Å². The molecule has 2 aromatic carbocycles. The minimum atomic E-state index is -6.28. The topological polar surface area (TPSA) is 262 Å². The van der Waals surface area contributed by atoms with E-state index < -0.39 is 82.5 Å². The molecule has 21 nitrogen and oxygen atoms in total. The smallest absolute Gasteiger partial charge is 0.458 e. The molecule has 0 spiro atoms. The average molecular weight is 1100 g/mol. The van der Waals surface area contributed by atoms with Crippen LogP contribution in [-0.4, -0.2) is 119 Å². The summed E-state index contributed by atoms with van der Waals surface area (Å²) < 4.78 is 211. The number of sulfonamides is 2. The summed E-state index contributed by atoms with van der Waals surface area (Å²) >= 11 is 0.616. The van der Waals surface area contributed by atoms with Gasteiger partial charge in [0.05, 0.1) is 18.0 Å². The molecule has 0 amide bonds. The Morgan fingerprint density at radius 2 is 1.25 bits per heavy atom. The van der Waals surface area contributed by atoms with Crippen LogP contribution in [-0.2, 0) is 47.1 Å². The van der Waals surface area contributed by atoms with Crippen LogP contribution < -0.4 is 19.2 Å². The van der Waals surface area contributed by atoms with Crippen LogP contribution in [0.4, 0.5) is 92.7 Å². The van der Waals surface area contributed by atoms with Gasteiger partial charge in [0.15, 0.2) is 0 Å². The highest BCUT2D eigenvalue weighted by Crippen LogP contribution is 2.44. The molecule has 1 unspecified atom stereocenters. The number of alkyl halides is 11. The van der Waals surface area contributed by atoms with Crippen molar-refractivity contribution in [2.45, 2.75) is 55.9 Å². The van der Waals surface area contributed by atoms with Gasteiger partial charge in [-0.05, 0) is 73.9 Å². The fourth-order valence-corrected chi connectivity index (χ4v) is 8.96. The van der Waals surface area contributed by atoms with Crippen molar-refractivity contribution in [1.82, 2.24) is 20.4 Å². The lowest BCUT2D eigenvalue weighted by Gasteiger charge is -2.38. The highest BCUT2D eigenvalue weighted by Gasteiger charge is 2.62. The minimum Gasteiger partial charge on any atom is -0.458 e. The molecule has 4 aromatic rings. The van der Waals surface area contributed by atoms with Gasteiger partial charge in [0.25, 0.3) is 10.3 Å². The van der Waals surface area contributed by atoms with Gasteiger partial charge >= 0.3 is 55.3 Å². The molecule has 0 saturated carbocycles. The molecule has 2 aromatic heterocycles. The number of nitrogens with zero attached hydrogens (tertiary/aromatic N) is 10. The number of nitrogens with one attached hydrogen (secondary N) is 2. The van der Waals surface area contributed by atoms with Crippen LogP contribution in [0.1, 0.15) is 50.5 Å². The summed E-state index contributed by atoms with van der Waals surface area (Å²) in [7, 11) is -10.7. The number of esters is 2. The second kappa shape index (κ2) is 21.0. The van der Waals surface area contributed by atoms with Gasteiger partial charge in [0, 0.05) is 44.7 Å². The summed E-state index contributed by atoms with van der Waals surface area (Å²) in [6.45, 7) is 2.74. The van der Waals surface area contributed by atoms with Crippen molar-refractivity contribution >= 4 is 99.0 Å². The molecule has 2 N–H and O–H groups in total. The van der Waals surface area contributed by atoms with E-state index in [-0.39, 0.29) is 84.5 Å².